The summed E-state index contributed by atoms with van der Waals surface area (Å²) in [6.07, 6.45) is 1.82. The van der Waals surface area contributed by atoms with Gasteiger partial charge in [0.25, 0.3) is 5.91 Å². The van der Waals surface area contributed by atoms with E-state index in [1.165, 1.54) is 5.56 Å². The summed E-state index contributed by atoms with van der Waals surface area (Å²) < 4.78 is 11.1. The van der Waals surface area contributed by atoms with E-state index >= 15 is 0 Å². The minimum atomic E-state index is -0.157. The number of amides is 1. The third-order valence-corrected chi connectivity index (χ3v) is 5.07. The number of ether oxygens (including phenoxy) is 1. The van der Waals surface area contributed by atoms with Gasteiger partial charge in [-0.1, -0.05) is 26.0 Å². The molecule has 0 fully saturated rings. The summed E-state index contributed by atoms with van der Waals surface area (Å²) in [7, 11) is 1.62. The predicted molar refractivity (Wildman–Crippen MR) is 116 cm³/mol. The minimum absolute atomic E-state index is 0.157. The van der Waals surface area contributed by atoms with Crippen LogP contribution in [-0.4, -0.2) is 24.5 Å². The largest absolute Gasteiger partial charge is 0.497 e. The lowest BCUT2D eigenvalue weighted by atomic mass is 10.1. The van der Waals surface area contributed by atoms with Crippen LogP contribution in [0.3, 0.4) is 0 Å². The molecule has 4 rings (SSSR count). The van der Waals surface area contributed by atoms with Gasteiger partial charge < -0.3 is 14.1 Å². The Kier molecular flexibility index (Phi) is 5.21. The van der Waals surface area contributed by atoms with E-state index in [4.69, 9.17) is 9.15 Å². The Morgan fingerprint density at radius 3 is 2.52 bits per heavy atom. The lowest BCUT2D eigenvalue weighted by molar-refractivity contribution is 0.0962. The van der Waals surface area contributed by atoms with E-state index in [1.54, 1.807) is 18.1 Å². The van der Waals surface area contributed by atoms with E-state index < -0.39 is 0 Å². The second kappa shape index (κ2) is 7.95. The fraction of sp³-hybridized carbons (Fsp3) is 0.250. The smallest absolute Gasteiger partial charge is 0.294 e. The van der Waals surface area contributed by atoms with Gasteiger partial charge in [-0.3, -0.25) is 4.79 Å². The molecule has 0 saturated carbocycles. The zero-order chi connectivity index (χ0) is 20.4. The molecule has 0 aliphatic rings. The highest BCUT2D eigenvalue weighted by atomic mass is 16.5. The van der Waals surface area contributed by atoms with E-state index in [0.717, 1.165) is 40.6 Å². The maximum Gasteiger partial charge on any atom is 0.294 e. The molecular formula is C24H24N2O3. The second-order valence-electron chi connectivity index (χ2n) is 7.03. The first-order valence-electron chi connectivity index (χ1n) is 9.92. The zero-order valence-electron chi connectivity index (χ0n) is 16.9. The number of hydrogen-bond donors (Lipinski definition) is 0. The van der Waals surface area contributed by atoms with Crippen LogP contribution in [0.15, 0.2) is 59.0 Å². The van der Waals surface area contributed by atoms with E-state index in [-0.39, 0.29) is 5.91 Å². The number of hydrogen-bond acceptors (Lipinski definition) is 4. The number of methoxy groups -OCH3 is 1. The molecule has 4 aromatic rings. The summed E-state index contributed by atoms with van der Waals surface area (Å²) in [6.45, 7) is 4.79. The van der Waals surface area contributed by atoms with Gasteiger partial charge in [-0.05, 0) is 54.8 Å². The molecule has 0 N–H and O–H groups in total. The molecule has 29 heavy (non-hydrogen) atoms. The van der Waals surface area contributed by atoms with Gasteiger partial charge >= 0.3 is 0 Å². The van der Waals surface area contributed by atoms with E-state index in [2.05, 4.69) is 31.0 Å². The van der Waals surface area contributed by atoms with Gasteiger partial charge in [0.15, 0.2) is 5.76 Å². The molecule has 2 aromatic carbocycles. The molecule has 0 radical (unpaired) electrons. The van der Waals surface area contributed by atoms with Gasteiger partial charge in [-0.15, -0.1) is 0 Å². The summed E-state index contributed by atoms with van der Waals surface area (Å²) in [5.41, 5.74) is 3.34. The lowest BCUT2D eigenvalue weighted by Gasteiger charge is -2.21. The highest BCUT2D eigenvalue weighted by Crippen LogP contribution is 2.27. The maximum absolute atomic E-state index is 13.2. The first-order valence-corrected chi connectivity index (χ1v) is 9.92. The van der Waals surface area contributed by atoms with Crippen molar-refractivity contribution in [2.45, 2.75) is 26.7 Å². The number of aromatic nitrogens is 1. The number of carbonyl (C=O) groups is 1. The quantitative estimate of drug-likeness (QED) is 0.431. The fourth-order valence-corrected chi connectivity index (χ4v) is 3.45. The summed E-state index contributed by atoms with van der Waals surface area (Å²) in [6, 6.07) is 17.6. The van der Waals surface area contributed by atoms with Crippen molar-refractivity contribution in [1.82, 2.24) is 4.98 Å². The molecule has 5 heteroatoms. The Morgan fingerprint density at radius 2 is 1.83 bits per heavy atom. The lowest BCUT2D eigenvalue weighted by Crippen LogP contribution is -2.31. The van der Waals surface area contributed by atoms with Gasteiger partial charge in [-0.2, -0.15) is 0 Å². The molecule has 0 saturated heterocycles. The summed E-state index contributed by atoms with van der Waals surface area (Å²) >= 11 is 0. The fourth-order valence-electron chi connectivity index (χ4n) is 3.45. The number of furan rings is 1. The highest BCUT2D eigenvalue weighted by molar-refractivity contribution is 6.06. The topological polar surface area (TPSA) is 55.6 Å². The Balaban J connectivity index is 1.72. The average Bonchev–Trinajstić information content (AvgIpc) is 3.18. The number of carbonyl (C=O) groups excluding carboxylic acids is 1. The summed E-state index contributed by atoms with van der Waals surface area (Å²) in [4.78, 5) is 19.6. The molecule has 0 unspecified atom stereocenters. The van der Waals surface area contributed by atoms with E-state index in [0.29, 0.717) is 18.0 Å². The minimum Gasteiger partial charge on any atom is -0.497 e. The van der Waals surface area contributed by atoms with Crippen molar-refractivity contribution in [2.75, 3.05) is 18.6 Å². The first kappa shape index (κ1) is 19.0. The predicted octanol–water partition coefficient (Wildman–Crippen LogP) is 5.61. The van der Waals surface area contributed by atoms with E-state index in [9.17, 15) is 4.79 Å². The normalized spacial score (nSPS) is 11.1. The molecule has 1 amide bonds. The third kappa shape index (κ3) is 3.68. The van der Waals surface area contributed by atoms with Crippen LogP contribution in [-0.2, 0) is 6.42 Å². The number of aryl methyl sites for hydroxylation is 1. The summed E-state index contributed by atoms with van der Waals surface area (Å²) in [5, 5.41) is 1.78. The van der Waals surface area contributed by atoms with Crippen molar-refractivity contribution < 1.29 is 13.9 Å². The molecule has 0 atom stereocenters. The van der Waals surface area contributed by atoms with Crippen molar-refractivity contribution in [2.24, 2.45) is 0 Å². The van der Waals surface area contributed by atoms with Crippen LogP contribution in [0.5, 0.6) is 5.75 Å². The van der Waals surface area contributed by atoms with Crippen molar-refractivity contribution in [3.8, 4) is 5.75 Å². The van der Waals surface area contributed by atoms with Crippen LogP contribution in [0.1, 0.15) is 36.4 Å². The van der Waals surface area contributed by atoms with Gasteiger partial charge in [0.1, 0.15) is 5.75 Å². The van der Waals surface area contributed by atoms with Crippen LogP contribution >= 0.6 is 0 Å². The SMILES string of the molecule is CCCN(C(=O)c1cc2cc3ccc(OC)cc3nc2o1)c1ccc(CC)cc1. The molecule has 0 aliphatic heterocycles. The second-order valence-corrected chi connectivity index (χ2v) is 7.03. The van der Waals surface area contributed by atoms with Crippen LogP contribution in [0.2, 0.25) is 0 Å². The number of fused-ring (bicyclic) bond motifs is 2. The average molecular weight is 388 g/mol. The molecule has 0 bridgehead atoms. The molecule has 148 valence electrons. The summed E-state index contributed by atoms with van der Waals surface area (Å²) in [5.74, 6) is 0.871. The van der Waals surface area contributed by atoms with Gasteiger partial charge in [-0.25, -0.2) is 4.98 Å². The Morgan fingerprint density at radius 1 is 1.03 bits per heavy atom. The molecule has 0 spiro atoms. The van der Waals surface area contributed by atoms with Crippen molar-refractivity contribution in [1.29, 1.82) is 0 Å². The number of pyridine rings is 1. The van der Waals surface area contributed by atoms with Crippen LogP contribution in [0.4, 0.5) is 5.69 Å². The molecule has 2 aromatic heterocycles. The Labute approximate surface area is 169 Å². The standard InChI is InChI=1S/C24H24N2O3/c1-4-12-26(19-9-6-16(5-2)7-10-19)24(27)22-14-18-13-17-8-11-20(28-3)15-21(17)25-23(18)29-22/h6-11,13-15H,4-5,12H2,1-3H3. The highest BCUT2D eigenvalue weighted by Gasteiger charge is 2.21. The van der Waals surface area contributed by atoms with Crippen molar-refractivity contribution in [3.05, 3.63) is 65.9 Å². The number of rotatable bonds is 6. The van der Waals surface area contributed by atoms with Gasteiger partial charge in [0, 0.05) is 29.1 Å². The Bertz CT molecular complexity index is 1160. The van der Waals surface area contributed by atoms with Crippen LogP contribution < -0.4 is 9.64 Å². The monoisotopic (exact) mass is 388 g/mol. The Hall–Kier alpha value is -3.34. The molecule has 5 nitrogen and oxygen atoms in total. The van der Waals surface area contributed by atoms with E-state index in [1.807, 2.05) is 36.4 Å². The number of anilines is 1. The number of nitrogens with zero attached hydrogens (tertiary/aromatic N) is 2. The maximum atomic E-state index is 13.2. The van der Waals surface area contributed by atoms with Crippen LogP contribution in [0.25, 0.3) is 22.0 Å². The van der Waals surface area contributed by atoms with Crippen molar-refractivity contribution in [3.63, 3.8) is 0 Å². The zero-order valence-corrected chi connectivity index (χ0v) is 16.9. The third-order valence-electron chi connectivity index (χ3n) is 5.07. The molecule has 0 aliphatic carbocycles. The van der Waals surface area contributed by atoms with Crippen LogP contribution in [0, 0.1) is 0 Å². The van der Waals surface area contributed by atoms with Gasteiger partial charge in [0.05, 0.1) is 12.6 Å². The number of benzene rings is 2. The van der Waals surface area contributed by atoms with Gasteiger partial charge in [0.2, 0.25) is 5.71 Å². The first-order chi connectivity index (χ1) is 14.1. The van der Waals surface area contributed by atoms with Crippen molar-refractivity contribution >= 4 is 33.6 Å². The molecule has 2 heterocycles. The molecular weight excluding hydrogens is 364 g/mol.